The number of pyridine rings is 1. The smallest absolute Gasteiger partial charge is 0.408 e. The summed E-state index contributed by atoms with van der Waals surface area (Å²) < 4.78 is 8.76. The third-order valence-electron chi connectivity index (χ3n) is 7.75. The molecule has 6 rings (SSSR count). The number of hydrogen-bond acceptors (Lipinski definition) is 8. The van der Waals surface area contributed by atoms with E-state index >= 15 is 0 Å². The van der Waals surface area contributed by atoms with Gasteiger partial charge in [0.05, 0.1) is 5.02 Å². The Kier molecular flexibility index (Phi) is 8.47. The van der Waals surface area contributed by atoms with Crippen LogP contribution in [0.15, 0.2) is 53.7 Å². The zero-order chi connectivity index (χ0) is 29.1. The molecule has 0 atom stereocenters. The van der Waals surface area contributed by atoms with E-state index < -0.39 is 5.60 Å². The van der Waals surface area contributed by atoms with Gasteiger partial charge in [-0.2, -0.15) is 0 Å². The van der Waals surface area contributed by atoms with E-state index in [1.165, 1.54) is 11.9 Å². The first-order valence-electron chi connectivity index (χ1n) is 14.0. The van der Waals surface area contributed by atoms with Crippen LogP contribution in [0.2, 0.25) is 5.02 Å². The second kappa shape index (κ2) is 11.9. The Morgan fingerprint density at radius 3 is 2.27 bits per heavy atom. The lowest BCUT2D eigenvalue weighted by molar-refractivity contribution is 0.0296. The van der Waals surface area contributed by atoms with E-state index in [1.54, 1.807) is 0 Å². The summed E-state index contributed by atoms with van der Waals surface area (Å²) in [7, 11) is 0. The Balaban J connectivity index is 1.14. The second-order valence-corrected chi connectivity index (χ2v) is 13.2. The summed E-state index contributed by atoms with van der Waals surface area (Å²) in [5.41, 5.74) is 2.15. The average molecular weight is 593 g/mol. The van der Waals surface area contributed by atoms with E-state index in [9.17, 15) is 4.79 Å². The molecule has 10 heteroatoms. The van der Waals surface area contributed by atoms with E-state index in [2.05, 4.69) is 30.3 Å². The maximum atomic E-state index is 12.4. The number of amides is 1. The fraction of sp³-hybridized carbons (Fsp3) is 0.419. The van der Waals surface area contributed by atoms with E-state index in [0.717, 1.165) is 66.1 Å². The molecular formula is C31H37ClN6O2S. The maximum Gasteiger partial charge on any atom is 0.408 e. The minimum Gasteiger partial charge on any atom is -0.444 e. The number of carbonyl (C=O) groups excluding carboxylic acids is 1. The van der Waals surface area contributed by atoms with Gasteiger partial charge in [-0.1, -0.05) is 35.9 Å². The van der Waals surface area contributed by atoms with Crippen LogP contribution in [0.4, 0.5) is 16.6 Å². The summed E-state index contributed by atoms with van der Waals surface area (Å²) in [6.45, 7) is 7.65. The molecule has 2 heterocycles. The highest BCUT2D eigenvalue weighted by atomic mass is 35.5. The number of nitrogens with zero attached hydrogens (tertiary/aromatic N) is 3. The molecule has 3 aliphatic rings. The standard InChI is InChI=1S/C31H37ClN6O2S/c1-21-23(11-12-26(35-21)38-41-25-8-6-5-7-24(25)32)10-9-22-19-33-27(34-20-22)36-30-13-16-31(17-14-30,18-15-30)37-28(39)40-29(2,3)4/h5-12,19-20H,13-18H2,1-4H3,(H,35,38)(H,37,39)(H,33,34,36)/b10-9+. The molecular weight excluding hydrogens is 556 g/mol. The van der Waals surface area contributed by atoms with Crippen molar-refractivity contribution in [2.24, 2.45) is 0 Å². The first kappa shape index (κ1) is 29.2. The van der Waals surface area contributed by atoms with Crippen LogP contribution in [0.25, 0.3) is 12.2 Å². The molecule has 0 radical (unpaired) electrons. The molecule has 3 N–H and O–H groups in total. The van der Waals surface area contributed by atoms with Crippen molar-refractivity contribution in [2.75, 3.05) is 10.0 Å². The topological polar surface area (TPSA) is 101 Å². The van der Waals surface area contributed by atoms with Gasteiger partial charge in [0.2, 0.25) is 5.95 Å². The Labute approximate surface area is 251 Å². The first-order chi connectivity index (χ1) is 19.5. The summed E-state index contributed by atoms with van der Waals surface area (Å²) in [6, 6.07) is 11.7. The van der Waals surface area contributed by atoms with Crippen LogP contribution in [0.5, 0.6) is 0 Å². The molecule has 3 fully saturated rings. The molecule has 41 heavy (non-hydrogen) atoms. The van der Waals surface area contributed by atoms with Crippen LogP contribution in [0, 0.1) is 6.92 Å². The zero-order valence-corrected chi connectivity index (χ0v) is 25.5. The van der Waals surface area contributed by atoms with Crippen LogP contribution in [-0.4, -0.2) is 37.7 Å². The quantitative estimate of drug-likeness (QED) is 0.227. The predicted octanol–water partition coefficient (Wildman–Crippen LogP) is 7.91. The van der Waals surface area contributed by atoms with Crippen molar-refractivity contribution >= 4 is 53.6 Å². The summed E-state index contributed by atoms with van der Waals surface area (Å²) in [5.74, 6) is 1.41. The lowest BCUT2D eigenvalue weighted by atomic mass is 9.61. The number of carbonyl (C=O) groups is 1. The Hall–Kier alpha value is -3.30. The van der Waals surface area contributed by atoms with Gasteiger partial charge in [-0.15, -0.1) is 0 Å². The van der Waals surface area contributed by atoms with Gasteiger partial charge in [-0.05, 0) is 108 Å². The van der Waals surface area contributed by atoms with Crippen molar-refractivity contribution in [3.05, 3.63) is 70.6 Å². The third-order valence-corrected chi connectivity index (χ3v) is 9.07. The van der Waals surface area contributed by atoms with Gasteiger partial charge in [0.25, 0.3) is 0 Å². The van der Waals surface area contributed by atoms with Gasteiger partial charge in [-0.3, -0.25) is 0 Å². The first-order valence-corrected chi connectivity index (χ1v) is 15.2. The van der Waals surface area contributed by atoms with Gasteiger partial charge in [0.1, 0.15) is 11.4 Å². The van der Waals surface area contributed by atoms with Crippen molar-refractivity contribution in [1.29, 1.82) is 0 Å². The van der Waals surface area contributed by atoms with Crippen molar-refractivity contribution in [3.63, 3.8) is 0 Å². The number of benzene rings is 1. The predicted molar refractivity (Wildman–Crippen MR) is 167 cm³/mol. The molecule has 3 saturated carbocycles. The number of anilines is 2. The molecule has 0 unspecified atom stereocenters. The minimum absolute atomic E-state index is 0.0303. The third kappa shape index (κ3) is 7.51. The molecule has 2 bridgehead atoms. The van der Waals surface area contributed by atoms with Crippen LogP contribution in [-0.2, 0) is 4.74 Å². The van der Waals surface area contributed by atoms with Gasteiger partial charge >= 0.3 is 6.09 Å². The molecule has 2 aromatic heterocycles. The molecule has 1 aromatic carbocycles. The Morgan fingerprint density at radius 1 is 0.976 bits per heavy atom. The van der Waals surface area contributed by atoms with Crippen LogP contribution in [0.3, 0.4) is 0 Å². The molecule has 8 nitrogen and oxygen atoms in total. The zero-order valence-electron chi connectivity index (χ0n) is 24.0. The summed E-state index contributed by atoms with van der Waals surface area (Å²) in [6.07, 6.45) is 13.0. The highest BCUT2D eigenvalue weighted by molar-refractivity contribution is 8.00. The monoisotopic (exact) mass is 592 g/mol. The Bertz CT molecular complexity index is 1400. The highest BCUT2D eigenvalue weighted by Gasteiger charge is 2.50. The number of nitrogens with one attached hydrogen (secondary N) is 3. The van der Waals surface area contributed by atoms with E-state index in [0.29, 0.717) is 11.0 Å². The van der Waals surface area contributed by atoms with Gasteiger partial charge < -0.3 is 20.1 Å². The second-order valence-electron chi connectivity index (χ2n) is 12.0. The number of ether oxygens (including phenoxy) is 1. The molecule has 0 saturated heterocycles. The van der Waals surface area contributed by atoms with Crippen molar-refractivity contribution in [2.45, 2.75) is 87.8 Å². The normalized spacial score (nSPS) is 22.0. The fourth-order valence-electron chi connectivity index (χ4n) is 5.43. The number of fused-ring (bicyclic) bond motifs is 3. The maximum absolute atomic E-state index is 12.4. The number of aryl methyl sites for hydroxylation is 1. The molecule has 0 spiro atoms. The molecule has 1 amide bonds. The molecule has 216 valence electrons. The molecule has 3 aromatic rings. The van der Waals surface area contributed by atoms with Gasteiger partial charge in [0, 0.05) is 39.6 Å². The number of hydrogen-bond donors (Lipinski definition) is 3. The highest BCUT2D eigenvalue weighted by Crippen LogP contribution is 2.48. The molecule has 0 aliphatic heterocycles. The SMILES string of the molecule is Cc1nc(NSc2ccccc2Cl)ccc1/C=C/c1cnc(NC23CCC(NC(=O)OC(C)(C)C)(CC2)CC3)nc1. The van der Waals surface area contributed by atoms with E-state index in [-0.39, 0.29) is 17.2 Å². The lowest BCUT2D eigenvalue weighted by Gasteiger charge is -2.53. The van der Waals surface area contributed by atoms with E-state index in [4.69, 9.17) is 16.3 Å². The summed E-state index contributed by atoms with van der Waals surface area (Å²) >= 11 is 7.68. The summed E-state index contributed by atoms with van der Waals surface area (Å²) in [5, 5.41) is 7.49. The minimum atomic E-state index is -0.497. The van der Waals surface area contributed by atoms with Gasteiger partial charge in [-0.25, -0.2) is 19.7 Å². The van der Waals surface area contributed by atoms with Crippen molar-refractivity contribution in [1.82, 2.24) is 20.3 Å². The number of rotatable bonds is 8. The fourth-order valence-corrected chi connectivity index (χ4v) is 6.32. The summed E-state index contributed by atoms with van der Waals surface area (Å²) in [4.78, 5) is 27.2. The van der Waals surface area contributed by atoms with Crippen molar-refractivity contribution in [3.8, 4) is 0 Å². The van der Waals surface area contributed by atoms with Crippen molar-refractivity contribution < 1.29 is 9.53 Å². The number of halogens is 1. The largest absolute Gasteiger partial charge is 0.444 e. The van der Waals surface area contributed by atoms with Crippen LogP contribution in [0.1, 0.15) is 76.1 Å². The molecule has 3 aliphatic carbocycles. The van der Waals surface area contributed by atoms with Crippen LogP contribution < -0.4 is 15.4 Å². The number of alkyl carbamates (subject to hydrolysis) is 1. The van der Waals surface area contributed by atoms with E-state index in [1.807, 2.05) is 88.6 Å². The average Bonchev–Trinajstić information content (AvgIpc) is 2.93. The van der Waals surface area contributed by atoms with Crippen LogP contribution >= 0.6 is 23.5 Å². The Morgan fingerprint density at radius 2 is 1.63 bits per heavy atom. The lowest BCUT2D eigenvalue weighted by Crippen LogP contribution is -2.61. The number of aromatic nitrogens is 3. The van der Waals surface area contributed by atoms with Gasteiger partial charge in [0.15, 0.2) is 0 Å².